The topological polar surface area (TPSA) is 73.7 Å². The van der Waals surface area contributed by atoms with Crippen molar-refractivity contribution in [2.24, 2.45) is 7.05 Å². The molecule has 2 aromatic rings. The van der Waals surface area contributed by atoms with E-state index in [1.807, 2.05) is 0 Å². The number of aromatic nitrogens is 2. The van der Waals surface area contributed by atoms with Crippen molar-refractivity contribution < 1.29 is 17.9 Å². The molecular formula is C18H22ClN3O4S. The van der Waals surface area contributed by atoms with Gasteiger partial charge in [-0.25, -0.2) is 8.42 Å². The molecule has 7 nitrogen and oxygen atoms in total. The van der Waals surface area contributed by atoms with E-state index in [1.54, 1.807) is 40.4 Å². The van der Waals surface area contributed by atoms with Crippen LogP contribution in [0.15, 0.2) is 29.3 Å². The normalized spacial score (nSPS) is 21.0. The Labute approximate surface area is 163 Å². The van der Waals surface area contributed by atoms with Crippen LogP contribution in [0.2, 0.25) is 5.02 Å². The number of halogens is 1. The Kier molecular flexibility index (Phi) is 5.05. The number of sulfonamides is 1. The van der Waals surface area contributed by atoms with E-state index < -0.39 is 10.0 Å². The minimum absolute atomic E-state index is 0.206. The largest absolute Gasteiger partial charge is 0.486 e. The zero-order valence-electron chi connectivity index (χ0n) is 15.1. The quantitative estimate of drug-likeness (QED) is 0.775. The first-order valence-electron chi connectivity index (χ1n) is 9.07. The van der Waals surface area contributed by atoms with E-state index in [4.69, 9.17) is 21.1 Å². The Balaban J connectivity index is 1.75. The summed E-state index contributed by atoms with van der Waals surface area (Å²) in [6.07, 6.45) is 5.02. The fourth-order valence-corrected chi connectivity index (χ4v) is 5.73. The van der Waals surface area contributed by atoms with Gasteiger partial charge >= 0.3 is 0 Å². The molecule has 1 atom stereocenters. The molecule has 27 heavy (non-hydrogen) atoms. The van der Waals surface area contributed by atoms with Crippen LogP contribution in [-0.2, 0) is 17.1 Å². The summed E-state index contributed by atoms with van der Waals surface area (Å²) in [7, 11) is -1.94. The highest BCUT2D eigenvalue weighted by atomic mass is 35.5. The summed E-state index contributed by atoms with van der Waals surface area (Å²) in [5.41, 5.74) is 0.736. The number of nitrogens with zero attached hydrogens (tertiary/aromatic N) is 3. The van der Waals surface area contributed by atoms with E-state index in [-0.39, 0.29) is 10.9 Å². The number of hydrogen-bond acceptors (Lipinski definition) is 5. The molecular weight excluding hydrogens is 390 g/mol. The van der Waals surface area contributed by atoms with Gasteiger partial charge in [0.25, 0.3) is 0 Å². The summed E-state index contributed by atoms with van der Waals surface area (Å²) < 4.78 is 41.3. The lowest BCUT2D eigenvalue weighted by Gasteiger charge is -2.30. The van der Waals surface area contributed by atoms with Gasteiger partial charge in [-0.15, -0.1) is 0 Å². The molecule has 1 aromatic heterocycles. The molecule has 0 amide bonds. The average Bonchev–Trinajstić information content (AvgIpc) is 2.86. The predicted octanol–water partition coefficient (Wildman–Crippen LogP) is 3.15. The SMILES string of the molecule is Cn1ncc(Cl)c1C1CCCCCN1S(=O)(=O)c1ccc2c(c1)OCCO2. The summed E-state index contributed by atoms with van der Waals surface area (Å²) in [6.45, 7) is 1.32. The van der Waals surface area contributed by atoms with Gasteiger partial charge in [-0.2, -0.15) is 9.40 Å². The lowest BCUT2D eigenvalue weighted by Crippen LogP contribution is -2.36. The third kappa shape index (κ3) is 3.41. The first-order chi connectivity index (χ1) is 13.0. The van der Waals surface area contributed by atoms with Crippen LogP contribution in [0.4, 0.5) is 0 Å². The van der Waals surface area contributed by atoms with Crippen LogP contribution >= 0.6 is 11.6 Å². The average molecular weight is 412 g/mol. The lowest BCUT2D eigenvalue weighted by atomic mass is 10.1. The zero-order valence-corrected chi connectivity index (χ0v) is 16.7. The Hall–Kier alpha value is -1.77. The van der Waals surface area contributed by atoms with Gasteiger partial charge < -0.3 is 9.47 Å². The number of benzene rings is 1. The Morgan fingerprint density at radius 1 is 1.15 bits per heavy atom. The Morgan fingerprint density at radius 2 is 1.93 bits per heavy atom. The monoisotopic (exact) mass is 411 g/mol. The van der Waals surface area contributed by atoms with E-state index in [9.17, 15) is 8.42 Å². The van der Waals surface area contributed by atoms with Gasteiger partial charge in [-0.05, 0) is 25.0 Å². The molecule has 9 heteroatoms. The van der Waals surface area contributed by atoms with Crippen molar-refractivity contribution in [2.45, 2.75) is 36.6 Å². The molecule has 1 unspecified atom stereocenters. The van der Waals surface area contributed by atoms with Crippen molar-refractivity contribution in [1.82, 2.24) is 14.1 Å². The van der Waals surface area contributed by atoms with Crippen LogP contribution in [0.25, 0.3) is 0 Å². The van der Waals surface area contributed by atoms with Gasteiger partial charge in [0.05, 0.1) is 27.9 Å². The molecule has 0 aliphatic carbocycles. The molecule has 0 saturated carbocycles. The summed E-state index contributed by atoms with van der Waals surface area (Å²) in [5, 5.41) is 4.69. The van der Waals surface area contributed by atoms with Crippen LogP contribution in [0, 0.1) is 0 Å². The van der Waals surface area contributed by atoms with Crippen LogP contribution in [0.3, 0.4) is 0 Å². The standard InChI is InChI=1S/C18H22ClN3O4S/c1-21-18(14(19)12-20-21)15-5-3-2-4-8-22(15)27(23,24)13-6-7-16-17(11-13)26-10-9-25-16/h6-7,11-12,15H,2-5,8-10H2,1H3. The van der Waals surface area contributed by atoms with Crippen LogP contribution < -0.4 is 9.47 Å². The van der Waals surface area contributed by atoms with Crippen molar-refractivity contribution in [3.8, 4) is 11.5 Å². The van der Waals surface area contributed by atoms with E-state index in [0.29, 0.717) is 42.7 Å². The molecule has 3 heterocycles. The van der Waals surface area contributed by atoms with Crippen molar-refractivity contribution >= 4 is 21.6 Å². The fraction of sp³-hybridized carbons (Fsp3) is 0.500. The van der Waals surface area contributed by atoms with Gasteiger partial charge in [-0.3, -0.25) is 4.68 Å². The highest BCUT2D eigenvalue weighted by Crippen LogP contribution is 2.39. The molecule has 1 aromatic carbocycles. The van der Waals surface area contributed by atoms with Crippen molar-refractivity contribution in [3.63, 3.8) is 0 Å². The van der Waals surface area contributed by atoms with Gasteiger partial charge in [0.2, 0.25) is 10.0 Å². The maximum absolute atomic E-state index is 13.5. The third-order valence-corrected chi connectivity index (χ3v) is 7.27. The summed E-state index contributed by atoms with van der Waals surface area (Å²) >= 11 is 6.35. The fourth-order valence-electron chi connectivity index (χ4n) is 3.76. The minimum atomic E-state index is -3.73. The van der Waals surface area contributed by atoms with Crippen LogP contribution in [0.5, 0.6) is 11.5 Å². The zero-order chi connectivity index (χ0) is 19.0. The van der Waals surface area contributed by atoms with Crippen molar-refractivity contribution in [1.29, 1.82) is 0 Å². The number of hydrogen-bond donors (Lipinski definition) is 0. The second-order valence-corrected chi connectivity index (χ2v) is 9.09. The van der Waals surface area contributed by atoms with E-state index in [1.165, 1.54) is 0 Å². The molecule has 4 rings (SSSR count). The summed E-state index contributed by atoms with van der Waals surface area (Å²) in [5.74, 6) is 1.04. The van der Waals surface area contributed by atoms with E-state index >= 15 is 0 Å². The maximum atomic E-state index is 13.5. The van der Waals surface area contributed by atoms with Crippen molar-refractivity contribution in [2.75, 3.05) is 19.8 Å². The second kappa shape index (κ2) is 7.33. The van der Waals surface area contributed by atoms with Crippen molar-refractivity contribution in [3.05, 3.63) is 35.1 Å². The molecule has 1 saturated heterocycles. The van der Waals surface area contributed by atoms with Gasteiger partial charge in [0.1, 0.15) is 13.2 Å². The van der Waals surface area contributed by atoms with Crippen LogP contribution in [-0.4, -0.2) is 42.3 Å². The molecule has 0 spiro atoms. The molecule has 2 aliphatic rings. The molecule has 1 fully saturated rings. The van der Waals surface area contributed by atoms with Gasteiger partial charge in [-0.1, -0.05) is 24.4 Å². The number of rotatable bonds is 3. The minimum Gasteiger partial charge on any atom is -0.486 e. The number of fused-ring (bicyclic) bond motifs is 1. The second-order valence-electron chi connectivity index (χ2n) is 6.79. The molecule has 0 radical (unpaired) electrons. The van der Waals surface area contributed by atoms with Crippen LogP contribution in [0.1, 0.15) is 37.4 Å². The molecule has 0 bridgehead atoms. The first-order valence-corrected chi connectivity index (χ1v) is 10.9. The summed E-state index contributed by atoms with van der Waals surface area (Å²) in [6, 6.07) is 4.45. The Bertz CT molecular complexity index is 925. The molecule has 0 N–H and O–H groups in total. The molecule has 2 aliphatic heterocycles. The van der Waals surface area contributed by atoms with Gasteiger partial charge in [0.15, 0.2) is 11.5 Å². The van der Waals surface area contributed by atoms with E-state index in [2.05, 4.69) is 5.10 Å². The highest BCUT2D eigenvalue weighted by molar-refractivity contribution is 7.89. The summed E-state index contributed by atoms with van der Waals surface area (Å²) in [4.78, 5) is 0.206. The lowest BCUT2D eigenvalue weighted by molar-refractivity contribution is 0.171. The Morgan fingerprint density at radius 3 is 2.67 bits per heavy atom. The molecule has 146 valence electrons. The first kappa shape index (κ1) is 18.6. The predicted molar refractivity (Wildman–Crippen MR) is 101 cm³/mol. The number of aryl methyl sites for hydroxylation is 1. The highest BCUT2D eigenvalue weighted by Gasteiger charge is 2.36. The van der Waals surface area contributed by atoms with Gasteiger partial charge in [0, 0.05) is 19.7 Å². The smallest absolute Gasteiger partial charge is 0.243 e. The maximum Gasteiger partial charge on any atom is 0.243 e. The third-order valence-electron chi connectivity index (χ3n) is 5.08. The van der Waals surface area contributed by atoms with E-state index in [0.717, 1.165) is 25.0 Å². The number of ether oxygens (including phenoxy) is 2.